The molecule has 146 valence electrons. The molecule has 0 N–H and O–H groups in total. The molecule has 4 aromatic carbocycles. The van der Waals surface area contributed by atoms with Crippen LogP contribution in [0.1, 0.15) is 5.56 Å². The van der Waals surface area contributed by atoms with Gasteiger partial charge < -0.3 is 4.40 Å². The van der Waals surface area contributed by atoms with E-state index in [1.165, 1.54) is 65.8 Å². The number of hydrogen-bond donors (Lipinski definition) is 0. The summed E-state index contributed by atoms with van der Waals surface area (Å²) in [5.74, 6) is 0. The second kappa shape index (κ2) is 5.83. The van der Waals surface area contributed by atoms with Crippen LogP contribution in [-0.2, 0) is 7.05 Å². The molecule has 0 aliphatic heterocycles. The first-order chi connectivity index (χ1) is 15.2. The van der Waals surface area contributed by atoms with Gasteiger partial charge in [0.25, 0.3) is 0 Å². The smallest absolute Gasteiger partial charge is 0.239 e. The maximum absolute atomic E-state index is 2.44. The lowest BCUT2D eigenvalue weighted by atomic mass is 9.98. The molecular weight excluding hydrogens is 376 g/mol. The number of hydrogen-bond acceptors (Lipinski definition) is 0. The highest BCUT2D eigenvalue weighted by atomic mass is 15.0. The molecule has 0 amide bonds. The van der Waals surface area contributed by atoms with Crippen LogP contribution >= 0.6 is 0 Å². The van der Waals surface area contributed by atoms with E-state index in [0.29, 0.717) is 0 Å². The highest BCUT2D eigenvalue weighted by molar-refractivity contribution is 6.21. The SMILES string of the molecule is Cc1cc2ccccc2cc1-c1cc2c3ccccc3n3c4ccccc4c(c23)[n+]1C. The largest absolute Gasteiger partial charge is 0.303 e. The van der Waals surface area contributed by atoms with Crippen molar-refractivity contribution in [2.75, 3.05) is 0 Å². The lowest BCUT2D eigenvalue weighted by Crippen LogP contribution is -2.32. The molecule has 2 heteroatoms. The summed E-state index contributed by atoms with van der Waals surface area (Å²) in [4.78, 5) is 0. The minimum absolute atomic E-state index is 1.25. The zero-order valence-electron chi connectivity index (χ0n) is 17.6. The third-order valence-electron chi connectivity index (χ3n) is 6.88. The van der Waals surface area contributed by atoms with Crippen molar-refractivity contribution in [2.24, 2.45) is 7.05 Å². The first-order valence-corrected chi connectivity index (χ1v) is 10.8. The van der Waals surface area contributed by atoms with Crippen LogP contribution in [0.15, 0.2) is 91.0 Å². The van der Waals surface area contributed by atoms with Gasteiger partial charge >= 0.3 is 0 Å². The van der Waals surface area contributed by atoms with Crippen molar-refractivity contribution in [1.82, 2.24) is 4.40 Å². The maximum atomic E-state index is 2.44. The molecule has 7 aromatic rings. The fraction of sp³-hybridized carbons (Fsp3) is 0.0690. The number of rotatable bonds is 1. The molecule has 0 saturated heterocycles. The molecular formula is C29H21N2+. The predicted octanol–water partition coefficient (Wildman–Crippen LogP) is 6.79. The van der Waals surface area contributed by atoms with Crippen molar-refractivity contribution >= 4 is 49.0 Å². The van der Waals surface area contributed by atoms with Gasteiger partial charge in [-0.15, -0.1) is 0 Å². The van der Waals surface area contributed by atoms with Gasteiger partial charge in [-0.1, -0.05) is 60.7 Å². The maximum Gasteiger partial charge on any atom is 0.239 e. The number of fused-ring (bicyclic) bond motifs is 7. The van der Waals surface area contributed by atoms with Gasteiger partial charge in [0.15, 0.2) is 0 Å². The summed E-state index contributed by atoms with van der Waals surface area (Å²) in [6.07, 6.45) is 0. The summed E-state index contributed by atoms with van der Waals surface area (Å²) in [6.45, 7) is 2.22. The topological polar surface area (TPSA) is 8.29 Å². The lowest BCUT2D eigenvalue weighted by Gasteiger charge is -2.08. The van der Waals surface area contributed by atoms with Crippen LogP contribution in [-0.4, -0.2) is 4.40 Å². The van der Waals surface area contributed by atoms with Gasteiger partial charge in [0.05, 0.1) is 16.4 Å². The average Bonchev–Trinajstić information content (AvgIpc) is 3.31. The number of para-hydroxylation sites is 2. The Hall–Kier alpha value is -3.91. The van der Waals surface area contributed by atoms with Crippen molar-refractivity contribution in [3.05, 3.63) is 96.6 Å². The zero-order chi connectivity index (χ0) is 20.7. The third-order valence-corrected chi connectivity index (χ3v) is 6.88. The fourth-order valence-electron chi connectivity index (χ4n) is 5.47. The molecule has 0 aliphatic carbocycles. The van der Waals surface area contributed by atoms with Crippen LogP contribution in [0.2, 0.25) is 0 Å². The summed E-state index contributed by atoms with van der Waals surface area (Å²) in [5.41, 5.74) is 9.00. The lowest BCUT2D eigenvalue weighted by molar-refractivity contribution is -0.632. The molecule has 3 aromatic heterocycles. The molecule has 0 atom stereocenters. The highest BCUT2D eigenvalue weighted by Gasteiger charge is 2.27. The molecule has 3 heterocycles. The zero-order valence-corrected chi connectivity index (χ0v) is 17.6. The van der Waals surface area contributed by atoms with Gasteiger partial charge in [-0.3, -0.25) is 0 Å². The van der Waals surface area contributed by atoms with Gasteiger partial charge in [-0.2, -0.15) is 4.57 Å². The molecule has 0 bridgehead atoms. The summed E-state index contributed by atoms with van der Waals surface area (Å²) in [6, 6.07) is 33.2. The van der Waals surface area contributed by atoms with E-state index in [0.717, 1.165) is 0 Å². The standard InChI is InChI=1S/C29H21N2/c1-18-15-19-9-3-4-10-20(19)16-23(18)27-17-24-21-11-5-7-13-25(21)31-26-14-8-6-12-22(26)28(29(24)31)30(27)2/h3-17H,1-2H3/q+1. The number of pyridine rings is 1. The van der Waals surface area contributed by atoms with Crippen LogP contribution < -0.4 is 4.57 Å². The minimum atomic E-state index is 1.25. The number of nitrogens with zero attached hydrogens (tertiary/aromatic N) is 2. The molecule has 0 saturated carbocycles. The van der Waals surface area contributed by atoms with Gasteiger partial charge in [0.2, 0.25) is 11.2 Å². The van der Waals surface area contributed by atoms with E-state index in [4.69, 9.17) is 0 Å². The van der Waals surface area contributed by atoms with Crippen molar-refractivity contribution in [2.45, 2.75) is 6.92 Å². The van der Waals surface area contributed by atoms with Gasteiger partial charge in [0, 0.05) is 22.4 Å². The van der Waals surface area contributed by atoms with E-state index in [1.807, 2.05) is 0 Å². The van der Waals surface area contributed by atoms with Crippen molar-refractivity contribution in [1.29, 1.82) is 0 Å². The van der Waals surface area contributed by atoms with Crippen LogP contribution in [0.3, 0.4) is 0 Å². The monoisotopic (exact) mass is 397 g/mol. The molecule has 0 spiro atoms. The number of benzene rings is 4. The third kappa shape index (κ3) is 2.09. The highest BCUT2D eigenvalue weighted by Crippen LogP contribution is 2.39. The molecule has 2 nitrogen and oxygen atoms in total. The Morgan fingerprint density at radius 1 is 0.645 bits per heavy atom. The average molecular weight is 398 g/mol. The van der Waals surface area contributed by atoms with E-state index in [2.05, 4.69) is 114 Å². The Morgan fingerprint density at radius 2 is 1.26 bits per heavy atom. The second-order valence-corrected chi connectivity index (χ2v) is 8.58. The summed E-state index contributed by atoms with van der Waals surface area (Å²) in [7, 11) is 2.21. The summed E-state index contributed by atoms with van der Waals surface area (Å²) < 4.78 is 4.83. The van der Waals surface area contributed by atoms with E-state index in [9.17, 15) is 0 Å². The van der Waals surface area contributed by atoms with Crippen molar-refractivity contribution < 1.29 is 4.57 Å². The van der Waals surface area contributed by atoms with E-state index in [-0.39, 0.29) is 0 Å². The van der Waals surface area contributed by atoms with E-state index < -0.39 is 0 Å². The quantitative estimate of drug-likeness (QED) is 0.270. The summed E-state index contributed by atoms with van der Waals surface area (Å²) >= 11 is 0. The van der Waals surface area contributed by atoms with E-state index >= 15 is 0 Å². The first kappa shape index (κ1) is 16.8. The first-order valence-electron chi connectivity index (χ1n) is 10.8. The Labute approximate surface area is 179 Å². The molecule has 31 heavy (non-hydrogen) atoms. The fourth-order valence-corrected chi connectivity index (χ4v) is 5.47. The molecule has 0 aliphatic rings. The minimum Gasteiger partial charge on any atom is -0.303 e. The summed E-state index contributed by atoms with van der Waals surface area (Å²) in [5, 5.41) is 6.51. The Bertz CT molecular complexity index is 1800. The van der Waals surface area contributed by atoms with Crippen LogP contribution in [0.25, 0.3) is 60.3 Å². The van der Waals surface area contributed by atoms with Crippen LogP contribution in [0.4, 0.5) is 0 Å². The Kier molecular flexibility index (Phi) is 3.17. The predicted molar refractivity (Wildman–Crippen MR) is 130 cm³/mol. The van der Waals surface area contributed by atoms with Gasteiger partial charge in [-0.25, -0.2) is 0 Å². The normalized spacial score (nSPS) is 12.2. The van der Waals surface area contributed by atoms with Crippen molar-refractivity contribution in [3.8, 4) is 11.3 Å². The molecule has 0 radical (unpaired) electrons. The van der Waals surface area contributed by atoms with Gasteiger partial charge in [0.1, 0.15) is 12.6 Å². The van der Waals surface area contributed by atoms with Gasteiger partial charge in [-0.05, 0) is 47.5 Å². The number of aryl methyl sites for hydroxylation is 2. The van der Waals surface area contributed by atoms with Crippen molar-refractivity contribution in [3.63, 3.8) is 0 Å². The molecule has 7 rings (SSSR count). The second-order valence-electron chi connectivity index (χ2n) is 8.58. The molecule has 0 unspecified atom stereocenters. The molecule has 0 fully saturated rings. The van der Waals surface area contributed by atoms with E-state index in [1.54, 1.807) is 0 Å². The Morgan fingerprint density at radius 3 is 2.03 bits per heavy atom. The Balaban J connectivity index is 1.72. The van der Waals surface area contributed by atoms with Crippen LogP contribution in [0.5, 0.6) is 0 Å². The number of aromatic nitrogens is 2. The van der Waals surface area contributed by atoms with Crippen LogP contribution in [0, 0.1) is 6.92 Å².